The van der Waals surface area contributed by atoms with Crippen LogP contribution in [0.1, 0.15) is 123 Å². The molecular weight excluding hydrogens is 782 g/mol. The lowest BCUT2D eigenvalue weighted by molar-refractivity contribution is -0.145. The van der Waals surface area contributed by atoms with E-state index in [1.165, 1.54) is 17.5 Å². The highest BCUT2D eigenvalue weighted by molar-refractivity contribution is 7.56. The second-order valence-electron chi connectivity index (χ2n) is 16.1. The molecule has 7 atom stereocenters. The molecular formula is C44H53F2N4O6PS. The summed E-state index contributed by atoms with van der Waals surface area (Å²) in [7, 11) is -3.68. The van der Waals surface area contributed by atoms with Gasteiger partial charge in [-0.1, -0.05) is 50.1 Å². The summed E-state index contributed by atoms with van der Waals surface area (Å²) in [6.07, 6.45) is 8.09. The molecule has 2 aliphatic heterocycles. The molecule has 1 aliphatic carbocycles. The summed E-state index contributed by atoms with van der Waals surface area (Å²) < 4.78 is 54.1. The number of pyridine rings is 1. The third-order valence-electron chi connectivity index (χ3n) is 11.8. The van der Waals surface area contributed by atoms with Crippen LogP contribution in [0.5, 0.6) is 5.75 Å². The van der Waals surface area contributed by atoms with Gasteiger partial charge >= 0.3 is 13.5 Å². The highest BCUT2D eigenvalue weighted by atomic mass is 32.1. The molecule has 3 aliphatic rings. The highest BCUT2D eigenvalue weighted by Crippen LogP contribution is 2.48. The lowest BCUT2D eigenvalue weighted by Gasteiger charge is -2.36. The van der Waals surface area contributed by atoms with E-state index in [0.717, 1.165) is 67.9 Å². The lowest BCUT2D eigenvalue weighted by atomic mass is 9.75. The Labute approximate surface area is 343 Å². The number of rotatable bonds is 15. The van der Waals surface area contributed by atoms with Crippen LogP contribution in [0.15, 0.2) is 72.9 Å². The van der Waals surface area contributed by atoms with Crippen molar-refractivity contribution in [2.75, 3.05) is 6.61 Å². The maximum Gasteiger partial charge on any atom is 0.323 e. The summed E-state index contributed by atoms with van der Waals surface area (Å²) >= 11 is 1.33. The molecule has 4 heterocycles. The smallest absolute Gasteiger partial charge is 0.323 e. The monoisotopic (exact) mass is 834 g/mol. The number of ether oxygens (including phenoxy) is 1. The van der Waals surface area contributed by atoms with Gasteiger partial charge in [-0.3, -0.25) is 23.9 Å². The minimum Gasteiger partial charge on any atom is -0.465 e. The molecule has 3 fully saturated rings. The fourth-order valence-electron chi connectivity index (χ4n) is 9.16. The Bertz CT molecular complexity index is 2120. The number of para-hydroxylation sites is 1. The van der Waals surface area contributed by atoms with Crippen molar-refractivity contribution in [2.45, 2.75) is 127 Å². The molecule has 14 heteroatoms. The Morgan fingerprint density at radius 2 is 1.81 bits per heavy atom. The van der Waals surface area contributed by atoms with E-state index in [2.05, 4.69) is 20.3 Å². The average Bonchev–Trinajstić information content (AvgIpc) is 3.79. The number of alkyl halides is 2. The number of amides is 2. The van der Waals surface area contributed by atoms with Gasteiger partial charge in [0.1, 0.15) is 23.5 Å². The number of fused-ring (bicyclic) bond motifs is 2. The predicted molar refractivity (Wildman–Crippen MR) is 221 cm³/mol. The van der Waals surface area contributed by atoms with E-state index in [1.807, 2.05) is 31.2 Å². The van der Waals surface area contributed by atoms with Crippen molar-refractivity contribution < 1.29 is 37.0 Å². The zero-order valence-electron chi connectivity index (χ0n) is 33.1. The topological polar surface area (TPSA) is 127 Å². The van der Waals surface area contributed by atoms with E-state index < -0.39 is 32.0 Å². The molecule has 2 amide bonds. The summed E-state index contributed by atoms with van der Waals surface area (Å²) in [4.78, 5) is 47.2. The molecule has 7 rings (SSSR count). The van der Waals surface area contributed by atoms with Crippen LogP contribution in [0.2, 0.25) is 0 Å². The average molecular weight is 835 g/mol. The molecule has 10 nitrogen and oxygen atoms in total. The van der Waals surface area contributed by atoms with Gasteiger partial charge in [-0.15, -0.1) is 11.3 Å². The Kier molecular flexibility index (Phi) is 13.6. The SMILES string of the molecule is CCCOC(=O)[C@H](C)NP(=O)(Cc1ccc2sc(C(=O)N[C@H]3CCC[C@H]4CCC(CC5CCCC(c6cccnc6C(F)F)C5)N4C3=O)cc2c1)Oc1ccccc1. The number of carbonyl (C=O) groups is 3. The van der Waals surface area contributed by atoms with Gasteiger partial charge in [-0.25, -0.2) is 13.9 Å². The molecule has 310 valence electrons. The van der Waals surface area contributed by atoms with Gasteiger partial charge < -0.3 is 19.5 Å². The van der Waals surface area contributed by atoms with Gasteiger partial charge in [0.05, 0.1) is 17.6 Å². The molecule has 0 spiro atoms. The molecule has 2 N–H and O–H groups in total. The summed E-state index contributed by atoms with van der Waals surface area (Å²) in [5.41, 5.74) is 1.24. The molecule has 0 bridgehead atoms. The van der Waals surface area contributed by atoms with Gasteiger partial charge in [0, 0.05) is 23.0 Å². The summed E-state index contributed by atoms with van der Waals surface area (Å²) in [6.45, 7) is 3.76. The molecule has 2 saturated heterocycles. The third-order valence-corrected chi connectivity index (χ3v) is 15.0. The highest BCUT2D eigenvalue weighted by Gasteiger charge is 2.43. The fraction of sp³-hybridized carbons (Fsp3) is 0.500. The quantitative estimate of drug-likeness (QED) is 0.0896. The van der Waals surface area contributed by atoms with Crippen LogP contribution in [0.3, 0.4) is 0 Å². The number of nitrogens with one attached hydrogen (secondary N) is 2. The van der Waals surface area contributed by atoms with Crippen molar-refractivity contribution in [3.05, 3.63) is 94.6 Å². The number of esters is 1. The molecule has 4 aromatic rings. The molecule has 4 unspecified atom stereocenters. The summed E-state index contributed by atoms with van der Waals surface area (Å²) in [5, 5.41) is 6.78. The van der Waals surface area contributed by atoms with Crippen molar-refractivity contribution in [1.82, 2.24) is 20.3 Å². The number of thiophene rings is 1. The molecule has 58 heavy (non-hydrogen) atoms. The van der Waals surface area contributed by atoms with Gasteiger partial charge in [-0.2, -0.15) is 0 Å². The van der Waals surface area contributed by atoms with Crippen LogP contribution >= 0.6 is 18.9 Å². The number of halogens is 2. The van der Waals surface area contributed by atoms with Crippen LogP contribution in [-0.2, 0) is 25.1 Å². The summed E-state index contributed by atoms with van der Waals surface area (Å²) in [5.74, 6) is -0.103. The first-order valence-electron chi connectivity index (χ1n) is 20.7. The van der Waals surface area contributed by atoms with Gasteiger partial charge in [0.2, 0.25) is 5.91 Å². The zero-order chi connectivity index (χ0) is 40.8. The number of benzene rings is 2. The first-order valence-corrected chi connectivity index (χ1v) is 23.3. The van der Waals surface area contributed by atoms with Crippen molar-refractivity contribution in [3.63, 3.8) is 0 Å². The molecule has 2 aromatic carbocycles. The van der Waals surface area contributed by atoms with Crippen LogP contribution < -0.4 is 14.9 Å². The van der Waals surface area contributed by atoms with Gasteiger partial charge in [-0.05, 0) is 129 Å². The largest absolute Gasteiger partial charge is 0.465 e. The van der Waals surface area contributed by atoms with Crippen molar-refractivity contribution in [1.29, 1.82) is 0 Å². The Hall–Kier alpha value is -4.19. The number of nitrogens with zero attached hydrogens (tertiary/aromatic N) is 2. The molecule has 0 radical (unpaired) electrons. The lowest BCUT2D eigenvalue weighted by Crippen LogP contribution is -2.51. The fourth-order valence-corrected chi connectivity index (χ4v) is 12.2. The van der Waals surface area contributed by atoms with E-state index in [4.69, 9.17) is 9.26 Å². The van der Waals surface area contributed by atoms with Crippen molar-refractivity contribution in [3.8, 4) is 5.75 Å². The standard InChI is InChI=1S/C44H53F2N4O6PS/c1-3-22-55-44(53)28(2)49-57(54,56-35-13-5-4-6-14-35)27-30-17-20-38-32(24-30)26-39(58-38)42(51)48-37-16-8-12-33-18-19-34(50(33)43(37)52)25-29-10-7-11-31(23-29)36-15-9-21-47-40(36)41(45)46/h4-6,9,13-15,17,20-21,24,26,28-29,31,33-34,37,41H,3,7-8,10-12,16,18-19,22-23,25,27H2,1-2H3,(H,48,51)(H,49,54)/t28-,29?,31?,33-,34?,37-,57?/m0/s1. The second kappa shape index (κ2) is 18.8. The Morgan fingerprint density at radius 1 is 1.00 bits per heavy atom. The Balaban J connectivity index is 1.01. The van der Waals surface area contributed by atoms with Gasteiger partial charge in [0.25, 0.3) is 12.3 Å². The summed E-state index contributed by atoms with van der Waals surface area (Å²) in [6, 6.07) is 18.4. The van der Waals surface area contributed by atoms with Crippen molar-refractivity contribution in [2.24, 2.45) is 5.92 Å². The van der Waals surface area contributed by atoms with Gasteiger partial charge in [0.15, 0.2) is 0 Å². The second-order valence-corrected chi connectivity index (χ2v) is 19.3. The maximum absolute atomic E-state index is 14.3. The first kappa shape index (κ1) is 42.0. The first-order chi connectivity index (χ1) is 28.0. The van der Waals surface area contributed by atoms with E-state index in [1.54, 1.807) is 49.4 Å². The van der Waals surface area contributed by atoms with Crippen LogP contribution in [-0.4, -0.2) is 58.4 Å². The molecule has 2 aromatic heterocycles. The third kappa shape index (κ3) is 9.97. The number of hydrogen-bond acceptors (Lipinski definition) is 8. The number of carbonyl (C=O) groups excluding carboxylic acids is 3. The zero-order valence-corrected chi connectivity index (χ0v) is 34.8. The van der Waals surface area contributed by atoms with E-state index in [-0.39, 0.29) is 48.3 Å². The van der Waals surface area contributed by atoms with Crippen LogP contribution in [0.25, 0.3) is 10.1 Å². The number of aromatic nitrogens is 1. The van der Waals surface area contributed by atoms with Crippen LogP contribution in [0.4, 0.5) is 8.78 Å². The maximum atomic E-state index is 14.3. The van der Waals surface area contributed by atoms with E-state index in [0.29, 0.717) is 40.5 Å². The predicted octanol–water partition coefficient (Wildman–Crippen LogP) is 9.94. The van der Waals surface area contributed by atoms with E-state index in [9.17, 15) is 27.7 Å². The minimum atomic E-state index is -3.68. The molecule has 1 saturated carbocycles. The van der Waals surface area contributed by atoms with Crippen LogP contribution in [0, 0.1) is 5.92 Å². The van der Waals surface area contributed by atoms with Crippen molar-refractivity contribution >= 4 is 46.7 Å². The normalized spacial score (nSPS) is 23.8. The number of hydrogen-bond donors (Lipinski definition) is 2. The van der Waals surface area contributed by atoms with E-state index >= 15 is 0 Å². The minimum absolute atomic E-state index is 0.0168. The Morgan fingerprint density at radius 3 is 2.60 bits per heavy atom.